The molecule has 0 heterocycles. The van der Waals surface area contributed by atoms with Gasteiger partial charge in [0.15, 0.2) is 0 Å². The highest BCUT2D eigenvalue weighted by Gasteiger charge is 2.41. The predicted molar refractivity (Wildman–Crippen MR) is 86.7 cm³/mol. The van der Waals surface area contributed by atoms with E-state index in [1.807, 2.05) is 6.92 Å². The van der Waals surface area contributed by atoms with Crippen molar-refractivity contribution in [2.45, 2.75) is 70.9 Å². The second kappa shape index (κ2) is 8.46. The molecular weight excluding hydrogens is 288 g/mol. The minimum absolute atomic E-state index is 0.0250. The van der Waals surface area contributed by atoms with Crippen molar-refractivity contribution in [2.75, 3.05) is 18.1 Å². The summed E-state index contributed by atoms with van der Waals surface area (Å²) in [6, 6.07) is 0.0250. The van der Waals surface area contributed by atoms with Gasteiger partial charge in [-0.1, -0.05) is 13.8 Å². The fraction of sp³-hybridized carbons (Fsp3) is 1.00. The monoisotopic (exact) mass is 320 g/mol. The molecule has 1 fully saturated rings. The molecule has 0 aromatic carbocycles. The molecule has 0 saturated heterocycles. The Bertz CT molecular complexity index is 390. The summed E-state index contributed by atoms with van der Waals surface area (Å²) in [5.74, 6) is 6.94. The summed E-state index contributed by atoms with van der Waals surface area (Å²) in [5.41, 5.74) is 2.67. The second-order valence-corrected chi connectivity index (χ2v) is 8.75. The molecule has 5 nitrogen and oxygen atoms in total. The average molecular weight is 320 g/mol. The normalized spacial score (nSPS) is 28.5. The number of hydrogen-bond acceptors (Lipinski definition) is 5. The fourth-order valence-electron chi connectivity index (χ4n) is 3.28. The van der Waals surface area contributed by atoms with Crippen molar-refractivity contribution in [2.24, 2.45) is 11.8 Å². The molecule has 3 N–H and O–H groups in total. The maximum atomic E-state index is 11.6. The Morgan fingerprint density at radius 2 is 1.95 bits per heavy atom. The van der Waals surface area contributed by atoms with Crippen LogP contribution in [0.1, 0.15) is 59.3 Å². The molecule has 1 unspecified atom stereocenters. The molecule has 1 aliphatic rings. The van der Waals surface area contributed by atoms with Crippen LogP contribution in [0.25, 0.3) is 0 Å². The van der Waals surface area contributed by atoms with Gasteiger partial charge in [-0.3, -0.25) is 11.3 Å². The van der Waals surface area contributed by atoms with Gasteiger partial charge >= 0.3 is 0 Å². The highest BCUT2D eigenvalue weighted by atomic mass is 32.2. The fourth-order valence-corrected chi connectivity index (χ4v) is 4.18. The molecule has 21 heavy (non-hydrogen) atoms. The summed E-state index contributed by atoms with van der Waals surface area (Å²) in [7, 11) is -2.90. The second-order valence-electron chi connectivity index (χ2n) is 6.28. The van der Waals surface area contributed by atoms with Crippen LogP contribution in [0.3, 0.4) is 0 Å². The number of hydrogen-bond donors (Lipinski definition) is 2. The third kappa shape index (κ3) is 5.51. The van der Waals surface area contributed by atoms with Gasteiger partial charge in [-0.25, -0.2) is 8.42 Å². The molecule has 0 amide bonds. The van der Waals surface area contributed by atoms with Gasteiger partial charge in [-0.15, -0.1) is 0 Å². The Balaban J connectivity index is 2.65. The Labute approximate surface area is 129 Å². The van der Waals surface area contributed by atoms with Gasteiger partial charge in [0.2, 0.25) is 0 Å². The van der Waals surface area contributed by atoms with Crippen LogP contribution in [0, 0.1) is 5.92 Å². The Kier molecular flexibility index (Phi) is 7.60. The molecule has 6 heteroatoms. The van der Waals surface area contributed by atoms with E-state index in [-0.39, 0.29) is 23.1 Å². The third-order valence-electron chi connectivity index (χ3n) is 4.78. The lowest BCUT2D eigenvalue weighted by Crippen LogP contribution is -2.56. The standard InChI is InChI=1S/C15H32N2O3S/c1-4-20-15(10-8-13(3)9-11-15)14(17-16)7-6-12-21(18,19)5-2/h13-14,17H,4-12,16H2,1-3H3. The summed E-state index contributed by atoms with van der Waals surface area (Å²) in [5, 5.41) is 0. The van der Waals surface area contributed by atoms with E-state index in [1.54, 1.807) is 6.92 Å². The molecule has 126 valence electrons. The SMILES string of the molecule is CCOC1(C(CCCS(=O)(=O)CC)NN)CCC(C)CC1. The van der Waals surface area contributed by atoms with Crippen LogP contribution >= 0.6 is 0 Å². The first-order chi connectivity index (χ1) is 9.89. The lowest BCUT2D eigenvalue weighted by Gasteiger charge is -2.44. The molecule has 1 rings (SSSR count). The highest BCUT2D eigenvalue weighted by molar-refractivity contribution is 7.91. The van der Waals surface area contributed by atoms with Crippen molar-refractivity contribution in [1.29, 1.82) is 0 Å². The zero-order chi connectivity index (χ0) is 15.9. The number of ether oxygens (including phenoxy) is 1. The van der Waals surface area contributed by atoms with Crippen LogP contribution in [-0.2, 0) is 14.6 Å². The molecule has 0 spiro atoms. The minimum atomic E-state index is -2.90. The zero-order valence-corrected chi connectivity index (χ0v) is 14.5. The minimum Gasteiger partial charge on any atom is -0.374 e. The van der Waals surface area contributed by atoms with Crippen LogP contribution < -0.4 is 11.3 Å². The Morgan fingerprint density at radius 1 is 1.33 bits per heavy atom. The lowest BCUT2D eigenvalue weighted by atomic mass is 9.74. The van der Waals surface area contributed by atoms with E-state index in [0.717, 1.165) is 38.0 Å². The van der Waals surface area contributed by atoms with Crippen molar-refractivity contribution < 1.29 is 13.2 Å². The third-order valence-corrected chi connectivity index (χ3v) is 6.57. The predicted octanol–water partition coefficient (Wildman–Crippen LogP) is 2.02. The number of nitrogens with two attached hydrogens (primary N) is 1. The number of hydrazine groups is 1. The van der Waals surface area contributed by atoms with Crippen molar-refractivity contribution in [3.63, 3.8) is 0 Å². The van der Waals surface area contributed by atoms with E-state index in [4.69, 9.17) is 10.6 Å². The summed E-state index contributed by atoms with van der Waals surface area (Å²) in [6.45, 7) is 6.64. The molecule has 0 aromatic rings. The average Bonchev–Trinajstić information content (AvgIpc) is 2.46. The summed E-state index contributed by atoms with van der Waals surface area (Å²) in [6.07, 6.45) is 5.66. The van der Waals surface area contributed by atoms with E-state index in [1.165, 1.54) is 0 Å². The van der Waals surface area contributed by atoms with Gasteiger partial charge in [-0.05, 0) is 51.4 Å². The van der Waals surface area contributed by atoms with Crippen LogP contribution in [0.15, 0.2) is 0 Å². The van der Waals surface area contributed by atoms with Crippen LogP contribution in [0.5, 0.6) is 0 Å². The van der Waals surface area contributed by atoms with E-state index >= 15 is 0 Å². The smallest absolute Gasteiger partial charge is 0.150 e. The molecular formula is C15H32N2O3S. The van der Waals surface area contributed by atoms with Crippen molar-refractivity contribution in [1.82, 2.24) is 5.43 Å². The van der Waals surface area contributed by atoms with E-state index < -0.39 is 9.84 Å². The van der Waals surface area contributed by atoms with Gasteiger partial charge in [-0.2, -0.15) is 0 Å². The van der Waals surface area contributed by atoms with Crippen LogP contribution in [0.2, 0.25) is 0 Å². The van der Waals surface area contributed by atoms with E-state index in [9.17, 15) is 8.42 Å². The van der Waals surface area contributed by atoms with Gasteiger partial charge in [0.25, 0.3) is 0 Å². The summed E-state index contributed by atoms with van der Waals surface area (Å²) in [4.78, 5) is 0. The summed E-state index contributed by atoms with van der Waals surface area (Å²) < 4.78 is 29.3. The zero-order valence-electron chi connectivity index (χ0n) is 13.7. The molecule has 1 atom stereocenters. The lowest BCUT2D eigenvalue weighted by molar-refractivity contribution is -0.0979. The molecule has 1 aliphatic carbocycles. The number of sulfone groups is 1. The van der Waals surface area contributed by atoms with Crippen molar-refractivity contribution >= 4 is 9.84 Å². The van der Waals surface area contributed by atoms with Gasteiger partial charge in [0.05, 0.1) is 17.4 Å². The molecule has 0 radical (unpaired) electrons. The number of rotatable bonds is 9. The van der Waals surface area contributed by atoms with Crippen LogP contribution in [-0.4, -0.2) is 38.2 Å². The molecule has 1 saturated carbocycles. The maximum Gasteiger partial charge on any atom is 0.150 e. The van der Waals surface area contributed by atoms with Crippen molar-refractivity contribution in [3.8, 4) is 0 Å². The largest absolute Gasteiger partial charge is 0.374 e. The quantitative estimate of drug-likeness (QED) is 0.502. The maximum absolute atomic E-state index is 11.6. The van der Waals surface area contributed by atoms with E-state index in [2.05, 4.69) is 12.3 Å². The first-order valence-corrected chi connectivity index (χ1v) is 10.0. The molecule has 0 bridgehead atoms. The first kappa shape index (κ1) is 18.9. The van der Waals surface area contributed by atoms with Gasteiger partial charge in [0.1, 0.15) is 9.84 Å². The van der Waals surface area contributed by atoms with Crippen molar-refractivity contribution in [3.05, 3.63) is 0 Å². The molecule has 0 aromatic heterocycles. The van der Waals surface area contributed by atoms with E-state index in [0.29, 0.717) is 13.0 Å². The first-order valence-electron chi connectivity index (χ1n) is 8.19. The van der Waals surface area contributed by atoms with Gasteiger partial charge < -0.3 is 4.74 Å². The highest BCUT2D eigenvalue weighted by Crippen LogP contribution is 2.38. The van der Waals surface area contributed by atoms with Crippen LogP contribution in [0.4, 0.5) is 0 Å². The Hall–Kier alpha value is -0.170. The molecule has 0 aliphatic heterocycles. The number of nitrogens with one attached hydrogen (secondary N) is 1. The van der Waals surface area contributed by atoms with Gasteiger partial charge in [0, 0.05) is 12.4 Å². The topological polar surface area (TPSA) is 81.4 Å². The Morgan fingerprint density at radius 3 is 2.43 bits per heavy atom. The summed E-state index contributed by atoms with van der Waals surface area (Å²) >= 11 is 0.